The fraction of sp³-hybridized carbons (Fsp3) is 0.733. The first-order valence-electron chi connectivity index (χ1n) is 14.1. The monoisotopic (exact) mass is 535 g/mol. The van der Waals surface area contributed by atoms with E-state index in [0.29, 0.717) is 32.4 Å². The summed E-state index contributed by atoms with van der Waals surface area (Å²) in [6.07, 6.45) is 2.16. The van der Waals surface area contributed by atoms with Crippen LogP contribution in [0, 0.1) is 11.8 Å². The van der Waals surface area contributed by atoms with Crippen molar-refractivity contribution in [2.45, 2.75) is 123 Å². The minimum atomic E-state index is -2.02. The van der Waals surface area contributed by atoms with Gasteiger partial charge in [0, 0.05) is 31.5 Å². The number of alkyl halides is 1. The molecule has 0 amide bonds. The number of ether oxygens (including phenoxy) is 1. The summed E-state index contributed by atoms with van der Waals surface area (Å²) < 4.78 is 26.3. The Hall–Kier alpha value is -1.57. The highest BCUT2D eigenvalue weighted by Crippen LogP contribution is 2.41. The molecule has 2 unspecified atom stereocenters. The van der Waals surface area contributed by atoms with Gasteiger partial charge in [-0.2, -0.15) is 0 Å². The third-order valence-electron chi connectivity index (χ3n) is 8.34. The molecule has 37 heavy (non-hydrogen) atoms. The van der Waals surface area contributed by atoms with Crippen LogP contribution in [0.5, 0.6) is 0 Å². The number of rotatable bonds is 14. The van der Waals surface area contributed by atoms with Crippen molar-refractivity contribution in [2.75, 3.05) is 6.61 Å². The number of Topliss-reactive ketones (excluding diaryl/α,β-unsaturated/α-hetero) is 1. The van der Waals surface area contributed by atoms with Crippen molar-refractivity contribution in [1.82, 2.24) is 4.90 Å². The number of likely N-dealkylation sites (tertiary alicyclic amines) is 1. The van der Waals surface area contributed by atoms with Crippen molar-refractivity contribution in [1.29, 1.82) is 0 Å². The Morgan fingerprint density at radius 1 is 1.11 bits per heavy atom. The van der Waals surface area contributed by atoms with Crippen LogP contribution in [-0.2, 0) is 25.3 Å². The van der Waals surface area contributed by atoms with E-state index in [1.807, 2.05) is 37.3 Å². The molecule has 1 saturated heterocycles. The molecule has 1 aromatic rings. The fourth-order valence-corrected chi connectivity index (χ4v) is 6.05. The molecule has 1 heterocycles. The topological polar surface area (TPSA) is 55.8 Å². The van der Waals surface area contributed by atoms with Gasteiger partial charge in [-0.15, -0.1) is 0 Å². The zero-order valence-corrected chi connectivity index (χ0v) is 25.4. The molecule has 0 bridgehead atoms. The van der Waals surface area contributed by atoms with Gasteiger partial charge in [0.2, 0.25) is 6.36 Å². The molecular formula is C30H50FNO4Si. The first-order valence-corrected chi connectivity index (χ1v) is 17.0. The Kier molecular flexibility index (Phi) is 12.0. The number of benzene rings is 1. The van der Waals surface area contributed by atoms with Crippen molar-refractivity contribution in [3.8, 4) is 0 Å². The molecule has 7 heteroatoms. The molecule has 1 aliphatic rings. The van der Waals surface area contributed by atoms with E-state index >= 15 is 0 Å². The number of nitrogens with zero attached hydrogens (tertiary/aromatic N) is 1. The molecule has 0 aliphatic carbocycles. The first-order chi connectivity index (χ1) is 17.3. The predicted molar refractivity (Wildman–Crippen MR) is 150 cm³/mol. The smallest absolute Gasteiger partial charge is 0.325 e. The summed E-state index contributed by atoms with van der Waals surface area (Å²) in [4.78, 5) is 28.1. The normalized spacial score (nSPS) is 22.6. The second-order valence-electron chi connectivity index (χ2n) is 12.3. The molecule has 0 N–H and O–H groups in total. The second kappa shape index (κ2) is 14.0. The van der Waals surface area contributed by atoms with E-state index in [0.717, 1.165) is 18.4 Å². The van der Waals surface area contributed by atoms with E-state index in [1.165, 1.54) is 0 Å². The van der Waals surface area contributed by atoms with Gasteiger partial charge < -0.3 is 9.16 Å². The molecule has 210 valence electrons. The number of carbonyl (C=O) groups is 2. The minimum Gasteiger partial charge on any atom is -0.430 e. The van der Waals surface area contributed by atoms with Crippen molar-refractivity contribution < 1.29 is 23.1 Å². The summed E-state index contributed by atoms with van der Waals surface area (Å²) in [7, 11) is -2.02. The molecule has 0 saturated carbocycles. The maximum atomic E-state index is 14.4. The molecule has 2 rings (SSSR count). The highest BCUT2D eigenvalue weighted by molar-refractivity contribution is 6.74. The van der Waals surface area contributed by atoms with Crippen LogP contribution >= 0.6 is 0 Å². The number of esters is 1. The van der Waals surface area contributed by atoms with Gasteiger partial charge in [0.05, 0.1) is 0 Å². The highest BCUT2D eigenvalue weighted by Gasteiger charge is 2.48. The van der Waals surface area contributed by atoms with Crippen LogP contribution in [0.2, 0.25) is 18.1 Å². The number of hydrogen-bond acceptors (Lipinski definition) is 5. The summed E-state index contributed by atoms with van der Waals surface area (Å²) in [6.45, 7) is 17.8. The van der Waals surface area contributed by atoms with E-state index < -0.39 is 26.7 Å². The standard InChI is InChI=1S/C30H50FNO4Si/c1-9-14-24(22(3)33)18-26-25(21-35-37(7,8)30(4,5)6)19-27(29(34)36-28(31)15-10-2)32(26)20-23-16-12-11-13-17-23/h11-13,16-17,24-28H,9-10,14-15,18-21H2,1-8H3/t24?,25-,26+,27+,28?/m0/s1. The summed E-state index contributed by atoms with van der Waals surface area (Å²) >= 11 is 0. The highest BCUT2D eigenvalue weighted by atomic mass is 28.4. The van der Waals surface area contributed by atoms with Crippen LogP contribution in [0.25, 0.3) is 0 Å². The summed E-state index contributed by atoms with van der Waals surface area (Å²) in [5.41, 5.74) is 1.08. The molecule has 1 aliphatic heterocycles. The average Bonchev–Trinajstić information content (AvgIpc) is 3.14. The third kappa shape index (κ3) is 9.00. The van der Waals surface area contributed by atoms with Gasteiger partial charge in [-0.1, -0.05) is 71.4 Å². The van der Waals surface area contributed by atoms with E-state index in [4.69, 9.17) is 9.16 Å². The Bertz CT molecular complexity index is 857. The number of hydrogen-bond donors (Lipinski definition) is 0. The van der Waals surface area contributed by atoms with Crippen LogP contribution in [0.4, 0.5) is 4.39 Å². The van der Waals surface area contributed by atoms with Crippen molar-refractivity contribution in [3.63, 3.8) is 0 Å². The Balaban J connectivity index is 2.42. The largest absolute Gasteiger partial charge is 0.430 e. The van der Waals surface area contributed by atoms with Crippen LogP contribution in [0.15, 0.2) is 30.3 Å². The van der Waals surface area contributed by atoms with Gasteiger partial charge in [-0.3, -0.25) is 14.5 Å². The molecular weight excluding hydrogens is 485 g/mol. The SMILES string of the molecule is CCCC(F)OC(=O)[C@H]1C[C@@H](CO[Si](C)(C)C(C)(C)C)[C@@H](CC(CCC)C(C)=O)N1Cc1ccccc1. The van der Waals surface area contributed by atoms with Crippen LogP contribution in [0.3, 0.4) is 0 Å². The summed E-state index contributed by atoms with van der Waals surface area (Å²) in [6, 6.07) is 9.43. The average molecular weight is 536 g/mol. The predicted octanol–water partition coefficient (Wildman–Crippen LogP) is 7.30. The van der Waals surface area contributed by atoms with E-state index in [-0.39, 0.29) is 35.1 Å². The quantitative estimate of drug-likeness (QED) is 0.185. The number of carbonyl (C=O) groups excluding carboxylic acids is 2. The van der Waals surface area contributed by atoms with E-state index in [9.17, 15) is 14.0 Å². The molecule has 1 aromatic carbocycles. The lowest BCUT2D eigenvalue weighted by atomic mass is 9.86. The summed E-state index contributed by atoms with van der Waals surface area (Å²) in [5.74, 6) is -0.347. The molecule has 0 radical (unpaired) electrons. The zero-order valence-electron chi connectivity index (χ0n) is 24.4. The minimum absolute atomic E-state index is 0.0350. The van der Waals surface area contributed by atoms with Gasteiger partial charge in [-0.05, 0) is 62.2 Å². The van der Waals surface area contributed by atoms with Gasteiger partial charge >= 0.3 is 5.97 Å². The molecule has 5 atom stereocenters. The Morgan fingerprint density at radius 2 is 1.73 bits per heavy atom. The molecule has 1 fully saturated rings. The van der Waals surface area contributed by atoms with Gasteiger partial charge in [-0.25, -0.2) is 4.39 Å². The zero-order chi connectivity index (χ0) is 27.8. The van der Waals surface area contributed by atoms with Crippen LogP contribution < -0.4 is 0 Å². The lowest BCUT2D eigenvalue weighted by Gasteiger charge is -2.38. The molecule has 0 aromatic heterocycles. The molecule has 0 spiro atoms. The first kappa shape index (κ1) is 31.6. The van der Waals surface area contributed by atoms with Crippen LogP contribution in [-0.4, -0.2) is 50.0 Å². The van der Waals surface area contributed by atoms with Crippen molar-refractivity contribution >= 4 is 20.1 Å². The molecule has 5 nitrogen and oxygen atoms in total. The van der Waals surface area contributed by atoms with Gasteiger partial charge in [0.1, 0.15) is 11.8 Å². The van der Waals surface area contributed by atoms with Gasteiger partial charge in [0.15, 0.2) is 8.32 Å². The maximum absolute atomic E-state index is 14.4. The Morgan fingerprint density at radius 3 is 2.27 bits per heavy atom. The van der Waals surface area contributed by atoms with Crippen LogP contribution in [0.1, 0.15) is 85.6 Å². The van der Waals surface area contributed by atoms with Crippen molar-refractivity contribution in [2.24, 2.45) is 11.8 Å². The van der Waals surface area contributed by atoms with E-state index in [1.54, 1.807) is 6.92 Å². The van der Waals surface area contributed by atoms with E-state index in [2.05, 4.69) is 45.7 Å². The second-order valence-corrected chi connectivity index (χ2v) is 17.1. The number of halogens is 1. The fourth-order valence-electron chi connectivity index (χ4n) is 4.99. The number of ketones is 1. The lowest BCUT2D eigenvalue weighted by molar-refractivity contribution is -0.164. The summed E-state index contributed by atoms with van der Waals surface area (Å²) in [5, 5.41) is 0.0644. The van der Waals surface area contributed by atoms with Gasteiger partial charge in [0.25, 0.3) is 0 Å². The lowest BCUT2D eigenvalue weighted by Crippen LogP contribution is -2.45. The third-order valence-corrected chi connectivity index (χ3v) is 12.8. The maximum Gasteiger partial charge on any atom is 0.325 e. The van der Waals surface area contributed by atoms with Crippen molar-refractivity contribution in [3.05, 3.63) is 35.9 Å². The Labute approximate surface area is 225 Å².